The van der Waals surface area contributed by atoms with E-state index in [1.54, 1.807) is 29.6 Å². The fourth-order valence-electron chi connectivity index (χ4n) is 2.76. The highest BCUT2D eigenvalue weighted by molar-refractivity contribution is 7.14. The van der Waals surface area contributed by atoms with E-state index in [1.165, 1.54) is 0 Å². The topological polar surface area (TPSA) is 75.0 Å². The number of carbonyl (C=O) groups is 1. The van der Waals surface area contributed by atoms with Crippen LogP contribution in [0.5, 0.6) is 0 Å². The lowest BCUT2D eigenvalue weighted by Crippen LogP contribution is -2.51. The quantitative estimate of drug-likeness (QED) is 0.873. The number of halogens is 3. The molecule has 0 spiro atoms. The zero-order valence-electron chi connectivity index (χ0n) is 13.5. The normalized spacial score (nSPS) is 16.7. The Morgan fingerprint density at radius 3 is 2.50 bits per heavy atom. The maximum absolute atomic E-state index is 13.5. The number of aromatic nitrogens is 1. The second kappa shape index (κ2) is 7.05. The standard InChI is InChI=1S/C17H14F3N3O2S/c18-17(19,20)16(5-7-25-8-6-16)14(24)23-15-22-13(10-26-15)12-3-1-11(9-21)2-4-12/h1-4,10H,5-8H2,(H,22,23,24). The SMILES string of the molecule is N#Cc1ccc(-c2csc(NC(=O)C3(C(F)(F)F)CCOCC3)n2)cc1. The van der Waals surface area contributed by atoms with Crippen molar-refractivity contribution >= 4 is 22.4 Å². The van der Waals surface area contributed by atoms with Gasteiger partial charge in [0, 0.05) is 24.2 Å². The highest BCUT2D eigenvalue weighted by Gasteiger charge is 2.60. The number of amides is 1. The summed E-state index contributed by atoms with van der Waals surface area (Å²) in [6.07, 6.45) is -5.47. The van der Waals surface area contributed by atoms with Crippen LogP contribution in [0.1, 0.15) is 18.4 Å². The molecule has 1 saturated heterocycles. The molecule has 1 aliphatic rings. The number of alkyl halides is 3. The zero-order chi connectivity index (χ0) is 18.8. The average Bonchev–Trinajstić information content (AvgIpc) is 3.10. The lowest BCUT2D eigenvalue weighted by atomic mass is 9.78. The number of nitrogens with zero attached hydrogens (tertiary/aromatic N) is 2. The van der Waals surface area contributed by atoms with Gasteiger partial charge in [-0.2, -0.15) is 18.4 Å². The first-order chi connectivity index (χ1) is 12.4. The van der Waals surface area contributed by atoms with Crippen LogP contribution in [-0.2, 0) is 9.53 Å². The van der Waals surface area contributed by atoms with E-state index in [-0.39, 0.29) is 18.3 Å². The third-order valence-electron chi connectivity index (χ3n) is 4.36. The Kier molecular flexibility index (Phi) is 4.98. The number of anilines is 1. The van der Waals surface area contributed by atoms with Gasteiger partial charge in [-0.05, 0) is 25.0 Å². The second-order valence-corrected chi connectivity index (χ2v) is 6.73. The van der Waals surface area contributed by atoms with E-state index in [2.05, 4.69) is 10.3 Å². The molecule has 0 unspecified atom stereocenters. The van der Waals surface area contributed by atoms with Crippen LogP contribution in [0.15, 0.2) is 29.6 Å². The third kappa shape index (κ3) is 3.43. The maximum atomic E-state index is 13.5. The Bertz CT molecular complexity index is 834. The molecule has 1 aromatic heterocycles. The van der Waals surface area contributed by atoms with Crippen LogP contribution in [0.25, 0.3) is 11.3 Å². The number of nitriles is 1. The molecular formula is C17H14F3N3O2S. The third-order valence-corrected chi connectivity index (χ3v) is 5.12. The first-order valence-corrected chi connectivity index (χ1v) is 8.66. The number of ether oxygens (including phenoxy) is 1. The van der Waals surface area contributed by atoms with E-state index in [0.29, 0.717) is 16.8 Å². The van der Waals surface area contributed by atoms with Gasteiger partial charge in [0.1, 0.15) is 5.41 Å². The molecule has 0 radical (unpaired) electrons. The van der Waals surface area contributed by atoms with Crippen LogP contribution < -0.4 is 5.32 Å². The van der Waals surface area contributed by atoms with Crippen LogP contribution in [0, 0.1) is 16.7 Å². The van der Waals surface area contributed by atoms with E-state index < -0.39 is 30.3 Å². The van der Waals surface area contributed by atoms with Crippen LogP contribution in [-0.4, -0.2) is 30.3 Å². The molecule has 26 heavy (non-hydrogen) atoms. The van der Waals surface area contributed by atoms with Crippen molar-refractivity contribution in [2.24, 2.45) is 5.41 Å². The molecule has 1 aliphatic heterocycles. The molecule has 3 rings (SSSR count). The molecule has 0 atom stereocenters. The summed E-state index contributed by atoms with van der Waals surface area (Å²) < 4.78 is 45.6. The van der Waals surface area contributed by atoms with E-state index in [4.69, 9.17) is 10.00 Å². The predicted molar refractivity (Wildman–Crippen MR) is 89.4 cm³/mol. The van der Waals surface area contributed by atoms with Crippen molar-refractivity contribution in [2.75, 3.05) is 18.5 Å². The van der Waals surface area contributed by atoms with Crippen molar-refractivity contribution in [1.82, 2.24) is 4.98 Å². The molecule has 136 valence electrons. The fourth-order valence-corrected chi connectivity index (χ4v) is 3.47. The number of rotatable bonds is 3. The molecule has 1 N–H and O–H groups in total. The van der Waals surface area contributed by atoms with Crippen LogP contribution in [0.2, 0.25) is 0 Å². The van der Waals surface area contributed by atoms with Crippen molar-refractivity contribution in [3.63, 3.8) is 0 Å². The summed E-state index contributed by atoms with van der Waals surface area (Å²) in [6.45, 7) is -0.220. The lowest BCUT2D eigenvalue weighted by Gasteiger charge is -2.36. The molecule has 2 aromatic rings. The van der Waals surface area contributed by atoms with Crippen molar-refractivity contribution in [2.45, 2.75) is 19.0 Å². The van der Waals surface area contributed by atoms with E-state index >= 15 is 0 Å². The van der Waals surface area contributed by atoms with Gasteiger partial charge in [-0.25, -0.2) is 4.98 Å². The maximum Gasteiger partial charge on any atom is 0.403 e. The van der Waals surface area contributed by atoms with Gasteiger partial charge in [0.05, 0.1) is 17.3 Å². The van der Waals surface area contributed by atoms with Gasteiger partial charge in [0.25, 0.3) is 0 Å². The first-order valence-electron chi connectivity index (χ1n) is 7.78. The number of carbonyl (C=O) groups excluding carboxylic acids is 1. The highest BCUT2D eigenvalue weighted by atomic mass is 32.1. The predicted octanol–water partition coefficient (Wildman–Crippen LogP) is 3.98. The van der Waals surface area contributed by atoms with Crippen LogP contribution >= 0.6 is 11.3 Å². The smallest absolute Gasteiger partial charge is 0.381 e. The molecule has 5 nitrogen and oxygen atoms in total. The van der Waals surface area contributed by atoms with Gasteiger partial charge in [-0.15, -0.1) is 11.3 Å². The monoisotopic (exact) mass is 381 g/mol. The summed E-state index contributed by atoms with van der Waals surface area (Å²) in [6, 6.07) is 8.62. The van der Waals surface area contributed by atoms with Gasteiger partial charge >= 0.3 is 6.18 Å². The van der Waals surface area contributed by atoms with Crippen LogP contribution in [0.4, 0.5) is 18.3 Å². The van der Waals surface area contributed by atoms with Gasteiger partial charge in [-0.1, -0.05) is 12.1 Å². The molecule has 2 heterocycles. The Hall–Kier alpha value is -2.44. The zero-order valence-corrected chi connectivity index (χ0v) is 14.3. The summed E-state index contributed by atoms with van der Waals surface area (Å²) in [7, 11) is 0. The number of benzene rings is 1. The number of hydrogen-bond acceptors (Lipinski definition) is 5. The van der Waals surface area contributed by atoms with Gasteiger partial charge in [0.15, 0.2) is 5.13 Å². The minimum Gasteiger partial charge on any atom is -0.381 e. The minimum atomic E-state index is -4.66. The number of nitrogens with one attached hydrogen (secondary N) is 1. The molecule has 0 bridgehead atoms. The van der Waals surface area contributed by atoms with Gasteiger partial charge in [0.2, 0.25) is 5.91 Å². The molecule has 0 saturated carbocycles. The Balaban J connectivity index is 1.79. The Morgan fingerprint density at radius 1 is 1.27 bits per heavy atom. The van der Waals surface area contributed by atoms with Gasteiger partial charge in [-0.3, -0.25) is 4.79 Å². The summed E-state index contributed by atoms with van der Waals surface area (Å²) in [5.74, 6) is -1.10. The van der Waals surface area contributed by atoms with Crippen molar-refractivity contribution in [1.29, 1.82) is 5.26 Å². The molecule has 0 aliphatic carbocycles. The average molecular weight is 381 g/mol. The summed E-state index contributed by atoms with van der Waals surface area (Å²) in [5, 5.41) is 12.9. The Labute approximate surface area is 151 Å². The summed E-state index contributed by atoms with van der Waals surface area (Å²) in [4.78, 5) is 16.6. The van der Waals surface area contributed by atoms with Crippen molar-refractivity contribution in [3.8, 4) is 17.3 Å². The lowest BCUT2D eigenvalue weighted by molar-refractivity contribution is -0.237. The Morgan fingerprint density at radius 2 is 1.92 bits per heavy atom. The van der Waals surface area contributed by atoms with E-state index in [9.17, 15) is 18.0 Å². The second-order valence-electron chi connectivity index (χ2n) is 5.87. The van der Waals surface area contributed by atoms with Crippen molar-refractivity contribution < 1.29 is 22.7 Å². The summed E-state index contributed by atoms with van der Waals surface area (Å²) >= 11 is 1.05. The summed E-state index contributed by atoms with van der Waals surface area (Å²) in [5.41, 5.74) is -0.741. The van der Waals surface area contributed by atoms with E-state index in [0.717, 1.165) is 11.3 Å². The largest absolute Gasteiger partial charge is 0.403 e. The van der Waals surface area contributed by atoms with Crippen LogP contribution in [0.3, 0.4) is 0 Å². The molecule has 1 fully saturated rings. The van der Waals surface area contributed by atoms with Gasteiger partial charge < -0.3 is 10.1 Å². The first kappa shape index (κ1) is 18.4. The van der Waals surface area contributed by atoms with E-state index in [1.807, 2.05) is 6.07 Å². The molecular weight excluding hydrogens is 367 g/mol. The highest BCUT2D eigenvalue weighted by Crippen LogP contribution is 2.46. The number of hydrogen-bond donors (Lipinski definition) is 1. The fraction of sp³-hybridized carbons (Fsp3) is 0.353. The van der Waals surface area contributed by atoms with Crippen molar-refractivity contribution in [3.05, 3.63) is 35.2 Å². The molecule has 1 amide bonds. The molecule has 1 aromatic carbocycles. The number of thiazole rings is 1. The molecule has 9 heteroatoms. The minimum absolute atomic E-state index is 0.101.